The molecule has 3 aromatic carbocycles. The van der Waals surface area contributed by atoms with Crippen molar-refractivity contribution in [1.82, 2.24) is 0 Å². The lowest BCUT2D eigenvalue weighted by Crippen LogP contribution is -1.97. The second-order valence-corrected chi connectivity index (χ2v) is 5.85. The fourth-order valence-corrected chi connectivity index (χ4v) is 2.50. The monoisotopic (exact) mass is 328 g/mol. The molecule has 0 bridgehead atoms. The Kier molecular flexibility index (Phi) is 5.39. The van der Waals surface area contributed by atoms with Crippen molar-refractivity contribution in [2.45, 2.75) is 19.4 Å². The van der Waals surface area contributed by atoms with Gasteiger partial charge in [-0.15, -0.1) is 0 Å². The minimum Gasteiger partial charge on any atom is -0.508 e. The maximum Gasteiger partial charge on any atom is 0.120 e. The van der Waals surface area contributed by atoms with Gasteiger partial charge in [0.25, 0.3) is 0 Å². The molecule has 0 spiro atoms. The van der Waals surface area contributed by atoms with E-state index in [9.17, 15) is 5.11 Å². The number of hydrogen-bond acceptors (Lipinski definition) is 2. The smallest absolute Gasteiger partial charge is 0.120 e. The second-order valence-electron chi connectivity index (χ2n) is 5.85. The summed E-state index contributed by atoms with van der Waals surface area (Å²) < 4.78 is 5.84. The zero-order valence-electron chi connectivity index (χ0n) is 14.1. The van der Waals surface area contributed by atoms with Crippen LogP contribution in [0.4, 0.5) is 0 Å². The molecule has 0 amide bonds. The van der Waals surface area contributed by atoms with Gasteiger partial charge >= 0.3 is 0 Å². The second kappa shape index (κ2) is 8.08. The van der Waals surface area contributed by atoms with Crippen molar-refractivity contribution in [3.8, 4) is 23.3 Å². The third kappa shape index (κ3) is 4.65. The molecule has 2 heteroatoms. The Morgan fingerprint density at radius 1 is 0.920 bits per heavy atom. The average Bonchev–Trinajstić information content (AvgIpc) is 2.67. The Morgan fingerprint density at radius 3 is 2.32 bits per heavy atom. The maximum absolute atomic E-state index is 10.2. The molecule has 25 heavy (non-hydrogen) atoms. The highest BCUT2D eigenvalue weighted by atomic mass is 16.5. The van der Waals surface area contributed by atoms with Crippen molar-refractivity contribution >= 4 is 0 Å². The Balaban J connectivity index is 1.74. The molecule has 2 nitrogen and oxygen atoms in total. The zero-order chi connectivity index (χ0) is 17.5. The highest BCUT2D eigenvalue weighted by Crippen LogP contribution is 2.29. The van der Waals surface area contributed by atoms with Gasteiger partial charge in [0.05, 0.1) is 0 Å². The quantitative estimate of drug-likeness (QED) is 0.673. The zero-order valence-corrected chi connectivity index (χ0v) is 14.1. The van der Waals surface area contributed by atoms with Crippen LogP contribution in [0.25, 0.3) is 0 Å². The van der Waals surface area contributed by atoms with Crippen LogP contribution in [-0.2, 0) is 6.61 Å². The summed E-state index contributed by atoms with van der Waals surface area (Å²) in [5.41, 5.74) is 2.84. The molecule has 1 N–H and O–H groups in total. The molecule has 0 aliphatic heterocycles. The van der Waals surface area contributed by atoms with Gasteiger partial charge in [0.2, 0.25) is 0 Å². The molecular weight excluding hydrogens is 308 g/mol. The number of benzene rings is 3. The van der Waals surface area contributed by atoms with E-state index in [0.717, 1.165) is 22.4 Å². The van der Waals surface area contributed by atoms with Crippen LogP contribution in [0.3, 0.4) is 0 Å². The first-order valence-electron chi connectivity index (χ1n) is 8.28. The molecule has 124 valence electrons. The van der Waals surface area contributed by atoms with Crippen LogP contribution in [0.1, 0.15) is 29.5 Å². The summed E-state index contributed by atoms with van der Waals surface area (Å²) in [5.74, 6) is 7.20. The molecule has 3 rings (SSSR count). The lowest BCUT2D eigenvalue weighted by atomic mass is 10.00. The molecule has 0 fully saturated rings. The van der Waals surface area contributed by atoms with E-state index in [4.69, 9.17) is 4.74 Å². The average molecular weight is 328 g/mol. The summed E-state index contributed by atoms with van der Waals surface area (Å²) in [6.45, 7) is 2.47. The van der Waals surface area contributed by atoms with Gasteiger partial charge in [-0.05, 0) is 42.8 Å². The van der Waals surface area contributed by atoms with Gasteiger partial charge in [-0.3, -0.25) is 0 Å². The molecule has 3 aromatic rings. The minimum atomic E-state index is -0.0968. The van der Waals surface area contributed by atoms with Crippen molar-refractivity contribution in [2.24, 2.45) is 0 Å². The minimum absolute atomic E-state index is 0.0968. The predicted octanol–water partition coefficient (Wildman–Crippen LogP) is 5.13. The van der Waals surface area contributed by atoms with Crippen LogP contribution in [0, 0.1) is 11.8 Å². The standard InChI is InChI=1S/C23H20O2/c1-18(12-13-19-8-4-2-5-9-19)22-16-21(14-15-23(22)24)25-17-20-10-6-3-7-11-20/h2-11,14-16,18,24H,17H2,1H3. The highest BCUT2D eigenvalue weighted by molar-refractivity contribution is 5.46. The van der Waals surface area contributed by atoms with E-state index in [-0.39, 0.29) is 11.7 Å². The van der Waals surface area contributed by atoms with Crippen LogP contribution >= 0.6 is 0 Å². The van der Waals surface area contributed by atoms with E-state index < -0.39 is 0 Å². The third-order valence-electron chi connectivity index (χ3n) is 3.92. The van der Waals surface area contributed by atoms with E-state index >= 15 is 0 Å². The highest BCUT2D eigenvalue weighted by Gasteiger charge is 2.10. The number of rotatable bonds is 4. The Hall–Kier alpha value is -3.18. The number of phenolic OH excluding ortho intramolecular Hbond substituents is 1. The van der Waals surface area contributed by atoms with E-state index in [0.29, 0.717) is 6.61 Å². The molecule has 0 saturated heterocycles. The molecule has 0 radical (unpaired) electrons. The SMILES string of the molecule is CC(C#Cc1ccccc1)c1cc(OCc2ccccc2)ccc1O. The first-order valence-corrected chi connectivity index (χ1v) is 8.28. The lowest BCUT2D eigenvalue weighted by molar-refractivity contribution is 0.305. The van der Waals surface area contributed by atoms with E-state index in [1.54, 1.807) is 12.1 Å². The van der Waals surface area contributed by atoms with Crippen molar-refractivity contribution in [1.29, 1.82) is 0 Å². The van der Waals surface area contributed by atoms with Gasteiger partial charge in [0.15, 0.2) is 0 Å². The van der Waals surface area contributed by atoms with Crippen molar-refractivity contribution in [3.05, 3.63) is 95.6 Å². The van der Waals surface area contributed by atoms with Crippen LogP contribution in [-0.4, -0.2) is 5.11 Å². The molecule has 1 atom stereocenters. The molecule has 0 saturated carbocycles. The molecule has 0 aromatic heterocycles. The van der Waals surface area contributed by atoms with Gasteiger partial charge in [0.1, 0.15) is 18.1 Å². The van der Waals surface area contributed by atoms with Crippen molar-refractivity contribution < 1.29 is 9.84 Å². The number of ether oxygens (including phenoxy) is 1. The van der Waals surface area contributed by atoms with Gasteiger partial charge in [-0.25, -0.2) is 0 Å². The molecule has 0 heterocycles. The predicted molar refractivity (Wildman–Crippen MR) is 101 cm³/mol. The first kappa shape index (κ1) is 16.7. The van der Waals surface area contributed by atoms with Gasteiger partial charge in [-0.1, -0.05) is 60.4 Å². The van der Waals surface area contributed by atoms with Gasteiger partial charge in [-0.2, -0.15) is 0 Å². The fraction of sp³-hybridized carbons (Fsp3) is 0.130. The van der Waals surface area contributed by atoms with Crippen LogP contribution < -0.4 is 4.74 Å². The Labute approximate surface area is 148 Å². The summed E-state index contributed by atoms with van der Waals surface area (Å²) in [5, 5.41) is 10.2. The Bertz CT molecular complexity index is 874. The summed E-state index contributed by atoms with van der Waals surface area (Å²) in [6.07, 6.45) is 0. The summed E-state index contributed by atoms with van der Waals surface area (Å²) >= 11 is 0. The lowest BCUT2D eigenvalue weighted by Gasteiger charge is -2.11. The van der Waals surface area contributed by atoms with Crippen LogP contribution in [0.15, 0.2) is 78.9 Å². The van der Waals surface area contributed by atoms with E-state index in [1.165, 1.54) is 0 Å². The van der Waals surface area contributed by atoms with Crippen LogP contribution in [0.2, 0.25) is 0 Å². The largest absolute Gasteiger partial charge is 0.508 e. The normalized spacial score (nSPS) is 11.2. The number of phenols is 1. The summed E-state index contributed by atoms with van der Waals surface area (Å²) in [4.78, 5) is 0. The fourth-order valence-electron chi connectivity index (χ4n) is 2.50. The van der Waals surface area contributed by atoms with E-state index in [1.807, 2.05) is 73.7 Å². The van der Waals surface area contributed by atoms with Crippen molar-refractivity contribution in [2.75, 3.05) is 0 Å². The molecule has 0 aliphatic rings. The summed E-state index contributed by atoms with van der Waals surface area (Å²) in [6, 6.07) is 25.1. The van der Waals surface area contributed by atoms with Gasteiger partial charge < -0.3 is 9.84 Å². The molecule has 0 aliphatic carbocycles. The van der Waals surface area contributed by atoms with Crippen LogP contribution in [0.5, 0.6) is 11.5 Å². The molecular formula is C23H20O2. The Morgan fingerprint density at radius 2 is 1.60 bits per heavy atom. The number of aromatic hydroxyl groups is 1. The molecule has 1 unspecified atom stereocenters. The first-order chi connectivity index (χ1) is 12.2. The number of hydrogen-bond donors (Lipinski definition) is 1. The topological polar surface area (TPSA) is 29.5 Å². The third-order valence-corrected chi connectivity index (χ3v) is 3.92. The maximum atomic E-state index is 10.2. The van der Waals surface area contributed by atoms with Crippen molar-refractivity contribution in [3.63, 3.8) is 0 Å². The van der Waals surface area contributed by atoms with Gasteiger partial charge in [0, 0.05) is 17.0 Å². The summed E-state index contributed by atoms with van der Waals surface area (Å²) in [7, 11) is 0. The van der Waals surface area contributed by atoms with E-state index in [2.05, 4.69) is 11.8 Å².